The molecule has 33 heavy (non-hydrogen) atoms. The molecule has 3 aromatic rings. The lowest BCUT2D eigenvalue weighted by Gasteiger charge is -2.64. The maximum Gasteiger partial charge on any atom is 0.156 e. The van der Waals surface area contributed by atoms with Crippen LogP contribution in [-0.2, 0) is 5.41 Å². The first kappa shape index (κ1) is 19.5. The normalized spacial score (nSPS) is 27.3. The Balaban J connectivity index is 1.76. The monoisotopic (exact) mass is 422 g/mol. The highest BCUT2D eigenvalue weighted by molar-refractivity contribution is 5.84. The Morgan fingerprint density at radius 3 is 1.76 bits per heavy atom. The van der Waals surface area contributed by atoms with E-state index < -0.39 is 16.2 Å². The molecule has 2 nitrogen and oxygen atoms in total. The molecule has 156 valence electrons. The highest BCUT2D eigenvalue weighted by atomic mass is 14.8. The van der Waals surface area contributed by atoms with Gasteiger partial charge in [0.25, 0.3) is 0 Å². The Bertz CT molecular complexity index is 1330. The molecule has 0 saturated heterocycles. The zero-order chi connectivity index (χ0) is 22.5. The average molecular weight is 423 g/mol. The molecule has 0 bridgehead atoms. The average Bonchev–Trinajstić information content (AvgIpc) is 3.14. The van der Waals surface area contributed by atoms with Crippen LogP contribution in [0.4, 0.5) is 0 Å². The summed E-state index contributed by atoms with van der Waals surface area (Å²) in [6, 6.07) is 36.3. The van der Waals surface area contributed by atoms with Crippen LogP contribution in [0.5, 0.6) is 0 Å². The second-order valence-electron chi connectivity index (χ2n) is 9.21. The fourth-order valence-electron chi connectivity index (χ4n) is 6.84. The summed E-state index contributed by atoms with van der Waals surface area (Å²) in [6.45, 7) is 0. The van der Waals surface area contributed by atoms with Crippen LogP contribution in [0.15, 0.2) is 121 Å². The largest absolute Gasteiger partial charge is 0.197 e. The van der Waals surface area contributed by atoms with Crippen LogP contribution in [-0.4, -0.2) is 0 Å². The van der Waals surface area contributed by atoms with Gasteiger partial charge in [-0.15, -0.1) is 0 Å². The molecular weight excluding hydrogens is 400 g/mol. The first-order chi connectivity index (χ1) is 16.2. The zero-order valence-corrected chi connectivity index (χ0v) is 18.1. The van der Waals surface area contributed by atoms with Gasteiger partial charge in [-0.25, -0.2) is 0 Å². The molecule has 1 fully saturated rings. The van der Waals surface area contributed by atoms with Crippen LogP contribution in [0.3, 0.4) is 0 Å². The van der Waals surface area contributed by atoms with Crippen molar-refractivity contribution < 1.29 is 0 Å². The Kier molecular flexibility index (Phi) is 4.10. The van der Waals surface area contributed by atoms with Crippen molar-refractivity contribution in [2.45, 2.75) is 5.41 Å². The predicted octanol–water partition coefficient (Wildman–Crippen LogP) is 6.46. The minimum Gasteiger partial charge on any atom is -0.197 e. The van der Waals surface area contributed by atoms with Crippen molar-refractivity contribution in [1.29, 1.82) is 10.5 Å². The van der Waals surface area contributed by atoms with Crippen LogP contribution in [0, 0.1) is 45.3 Å². The summed E-state index contributed by atoms with van der Waals surface area (Å²) in [5.41, 5.74) is 2.40. The summed E-state index contributed by atoms with van der Waals surface area (Å²) in [4.78, 5) is 0. The lowest BCUT2D eigenvalue weighted by atomic mass is 9.34. The van der Waals surface area contributed by atoms with Crippen molar-refractivity contribution in [3.05, 3.63) is 138 Å². The van der Waals surface area contributed by atoms with Gasteiger partial charge >= 0.3 is 0 Å². The fraction of sp³-hybridized carbons (Fsp3) is 0.161. The van der Waals surface area contributed by atoms with Crippen molar-refractivity contribution in [3.8, 4) is 12.1 Å². The van der Waals surface area contributed by atoms with E-state index in [1.165, 1.54) is 5.57 Å². The van der Waals surface area contributed by atoms with Gasteiger partial charge in [-0.05, 0) is 22.3 Å². The SMILES string of the molecule is N#CC1(C#N)C2C=CC=CC23C(c2ccccc2)=CC(c2ccccc2)(c2ccccc2)C13. The van der Waals surface area contributed by atoms with Crippen molar-refractivity contribution in [2.75, 3.05) is 0 Å². The number of hydrogen-bond acceptors (Lipinski definition) is 2. The van der Waals surface area contributed by atoms with Crippen LogP contribution in [0.2, 0.25) is 0 Å². The second kappa shape index (κ2) is 6.93. The Hall–Kier alpha value is -4.14. The molecule has 0 radical (unpaired) electrons. The van der Waals surface area contributed by atoms with Crippen LogP contribution in [0.1, 0.15) is 16.7 Å². The number of rotatable bonds is 3. The number of allylic oxidation sites excluding steroid dienone is 6. The van der Waals surface area contributed by atoms with Gasteiger partial charge in [0.05, 0.1) is 12.1 Å². The third kappa shape index (κ3) is 2.26. The van der Waals surface area contributed by atoms with Gasteiger partial charge in [0.1, 0.15) is 0 Å². The minimum absolute atomic E-state index is 0.198. The molecule has 0 amide bonds. The molecule has 3 unspecified atom stereocenters. The lowest BCUT2D eigenvalue weighted by molar-refractivity contribution is -0.0486. The molecule has 1 saturated carbocycles. The zero-order valence-electron chi connectivity index (χ0n) is 18.1. The van der Waals surface area contributed by atoms with Gasteiger partial charge in [-0.1, -0.05) is 121 Å². The maximum absolute atomic E-state index is 10.5. The summed E-state index contributed by atoms with van der Waals surface area (Å²) in [7, 11) is 0. The standard InChI is InChI=1S/C31H22N2/c32-21-29(22-33)27-18-10-11-19-30(27)26(23-12-4-1-5-13-23)20-31(28(29)30,24-14-6-2-7-15-24)25-16-8-3-9-17-25/h1-20,27-28H. The Morgan fingerprint density at radius 2 is 1.21 bits per heavy atom. The summed E-state index contributed by atoms with van der Waals surface area (Å²) < 4.78 is 0. The summed E-state index contributed by atoms with van der Waals surface area (Å²) in [5.74, 6) is -0.450. The highest BCUT2D eigenvalue weighted by Crippen LogP contribution is 2.79. The summed E-state index contributed by atoms with van der Waals surface area (Å²) in [5, 5.41) is 21.1. The molecule has 3 aliphatic rings. The van der Waals surface area contributed by atoms with Crippen LogP contribution < -0.4 is 0 Å². The fourth-order valence-corrected chi connectivity index (χ4v) is 6.84. The molecule has 6 rings (SSSR count). The Morgan fingerprint density at radius 1 is 0.667 bits per heavy atom. The van der Waals surface area contributed by atoms with Gasteiger partial charge in [-0.2, -0.15) is 10.5 Å². The smallest absolute Gasteiger partial charge is 0.156 e. The van der Waals surface area contributed by atoms with Crippen LogP contribution >= 0.6 is 0 Å². The van der Waals surface area contributed by atoms with E-state index in [1.54, 1.807) is 0 Å². The molecule has 0 aliphatic heterocycles. The third-order valence-corrected chi connectivity index (χ3v) is 7.98. The Labute approximate surface area is 194 Å². The van der Waals surface area contributed by atoms with Crippen molar-refractivity contribution in [2.24, 2.45) is 22.7 Å². The maximum atomic E-state index is 10.5. The molecule has 3 aliphatic carbocycles. The first-order valence-corrected chi connectivity index (χ1v) is 11.3. The number of benzene rings is 3. The van der Waals surface area contributed by atoms with E-state index in [1.807, 2.05) is 48.5 Å². The summed E-state index contributed by atoms with van der Waals surface area (Å²) in [6.07, 6.45) is 10.8. The molecular formula is C31H22N2. The predicted molar refractivity (Wildman–Crippen MR) is 129 cm³/mol. The third-order valence-electron chi connectivity index (χ3n) is 7.98. The van der Waals surface area contributed by atoms with E-state index in [-0.39, 0.29) is 11.8 Å². The van der Waals surface area contributed by atoms with E-state index in [0.717, 1.165) is 16.7 Å². The van der Waals surface area contributed by atoms with E-state index in [4.69, 9.17) is 0 Å². The first-order valence-electron chi connectivity index (χ1n) is 11.3. The van der Waals surface area contributed by atoms with Crippen molar-refractivity contribution >= 4 is 5.57 Å². The molecule has 1 spiro atoms. The molecule has 0 heterocycles. The molecule has 0 aromatic heterocycles. The van der Waals surface area contributed by atoms with Crippen molar-refractivity contribution in [1.82, 2.24) is 0 Å². The number of nitriles is 2. The topological polar surface area (TPSA) is 47.6 Å². The van der Waals surface area contributed by atoms with Gasteiger partial charge in [0, 0.05) is 22.7 Å². The highest BCUT2D eigenvalue weighted by Gasteiger charge is 2.79. The molecule has 2 heteroatoms. The van der Waals surface area contributed by atoms with Gasteiger partial charge in [0.15, 0.2) is 5.41 Å². The van der Waals surface area contributed by atoms with Gasteiger partial charge in [-0.3, -0.25) is 0 Å². The van der Waals surface area contributed by atoms with Gasteiger partial charge < -0.3 is 0 Å². The van der Waals surface area contributed by atoms with Crippen LogP contribution in [0.25, 0.3) is 5.57 Å². The number of nitrogens with zero attached hydrogens (tertiary/aromatic N) is 2. The van der Waals surface area contributed by atoms with E-state index in [0.29, 0.717) is 0 Å². The van der Waals surface area contributed by atoms with E-state index in [9.17, 15) is 10.5 Å². The van der Waals surface area contributed by atoms with E-state index >= 15 is 0 Å². The van der Waals surface area contributed by atoms with E-state index in [2.05, 4.69) is 85.0 Å². The quantitative estimate of drug-likeness (QED) is 0.486. The number of hydrogen-bond donors (Lipinski definition) is 0. The molecule has 3 atom stereocenters. The summed E-state index contributed by atoms with van der Waals surface area (Å²) >= 11 is 0. The second-order valence-corrected chi connectivity index (χ2v) is 9.21. The molecule has 0 N–H and O–H groups in total. The molecule has 3 aromatic carbocycles. The minimum atomic E-state index is -1.14. The van der Waals surface area contributed by atoms with Gasteiger partial charge in [0.2, 0.25) is 0 Å². The lowest BCUT2D eigenvalue weighted by Crippen LogP contribution is -2.66. The van der Waals surface area contributed by atoms with Crippen molar-refractivity contribution in [3.63, 3.8) is 0 Å².